The minimum atomic E-state index is -0.694. The Morgan fingerprint density at radius 3 is 2.23 bits per heavy atom. The summed E-state index contributed by atoms with van der Waals surface area (Å²) in [6, 6.07) is 0. The minimum Gasteiger partial charge on any atom is -0.378 e. The third-order valence-corrected chi connectivity index (χ3v) is 6.86. The fourth-order valence-electron chi connectivity index (χ4n) is 5.31. The lowest BCUT2D eigenvalue weighted by atomic mass is 9.99. The van der Waals surface area contributed by atoms with E-state index < -0.39 is 17.9 Å². The van der Waals surface area contributed by atoms with Crippen LogP contribution >= 0.6 is 0 Å². The van der Waals surface area contributed by atoms with Crippen LogP contribution in [0.1, 0.15) is 53.9 Å². The number of hydrogen-bond acceptors (Lipinski definition) is 7. The van der Waals surface area contributed by atoms with Crippen molar-refractivity contribution in [3.63, 3.8) is 0 Å². The molecule has 8 heteroatoms. The maximum atomic E-state index is 6.23. The topological polar surface area (TPSA) is 64.6 Å². The summed E-state index contributed by atoms with van der Waals surface area (Å²) in [5, 5.41) is 0. The summed E-state index contributed by atoms with van der Waals surface area (Å²) in [5.41, 5.74) is 0. The summed E-state index contributed by atoms with van der Waals surface area (Å²) >= 11 is 0. The van der Waals surface area contributed by atoms with Crippen LogP contribution in [0.15, 0.2) is 0 Å². The Morgan fingerprint density at radius 1 is 0.839 bits per heavy atom. The molecule has 4 heterocycles. The predicted octanol–water partition coefficient (Wildman–Crippen LogP) is 2.44. The van der Waals surface area contributed by atoms with Gasteiger partial charge in [0, 0.05) is 6.42 Å². The van der Waals surface area contributed by atoms with E-state index in [1.165, 1.54) is 19.4 Å². The zero-order chi connectivity index (χ0) is 22.1. The van der Waals surface area contributed by atoms with Crippen molar-refractivity contribution in [2.45, 2.75) is 96.2 Å². The zero-order valence-electron chi connectivity index (χ0n) is 20.0. The van der Waals surface area contributed by atoms with Gasteiger partial charge in [-0.05, 0) is 34.1 Å². The summed E-state index contributed by atoms with van der Waals surface area (Å²) in [7, 11) is 0. The van der Waals surface area contributed by atoms with Gasteiger partial charge in [-0.15, -0.1) is 0 Å². The maximum absolute atomic E-state index is 6.23. The Bertz CT molecular complexity index is 592. The van der Waals surface area contributed by atoms with Gasteiger partial charge in [-0.1, -0.05) is 13.3 Å². The van der Waals surface area contributed by atoms with Crippen LogP contribution in [0.25, 0.3) is 0 Å². The van der Waals surface area contributed by atoms with Gasteiger partial charge in [0.25, 0.3) is 0 Å². The van der Waals surface area contributed by atoms with Crippen LogP contribution in [-0.2, 0) is 33.2 Å². The molecule has 4 rings (SSSR count). The van der Waals surface area contributed by atoms with Crippen LogP contribution in [0.5, 0.6) is 0 Å². The normalized spacial score (nSPS) is 38.0. The second-order valence-electron chi connectivity index (χ2n) is 10.3. The van der Waals surface area contributed by atoms with Crippen molar-refractivity contribution in [2.75, 3.05) is 52.6 Å². The molecule has 5 atom stereocenters. The van der Waals surface area contributed by atoms with E-state index in [-0.39, 0.29) is 24.4 Å². The maximum Gasteiger partial charge on any atom is 0.190 e. The molecule has 0 spiro atoms. The van der Waals surface area contributed by atoms with Gasteiger partial charge >= 0.3 is 0 Å². The number of nitrogens with zero attached hydrogens (tertiary/aromatic N) is 1. The molecule has 0 bridgehead atoms. The molecule has 4 saturated heterocycles. The van der Waals surface area contributed by atoms with Crippen molar-refractivity contribution in [1.29, 1.82) is 0 Å². The van der Waals surface area contributed by atoms with E-state index in [0.29, 0.717) is 13.2 Å². The van der Waals surface area contributed by atoms with Crippen LogP contribution in [0, 0.1) is 0 Å². The molecule has 180 valence electrons. The third kappa shape index (κ3) is 5.61. The van der Waals surface area contributed by atoms with E-state index in [1.807, 2.05) is 27.7 Å². The highest BCUT2D eigenvalue weighted by Crippen LogP contribution is 2.44. The highest BCUT2D eigenvalue weighted by Gasteiger charge is 2.60. The SMILES string of the molecule is CCCC[N+]1(CCCOC[C@H]2O[C@@H]3OC(C)(C)O[C@@H]3[C@H]3OC(C)(C)O[C@H]32)CCOCC1. The van der Waals surface area contributed by atoms with Crippen LogP contribution in [0.2, 0.25) is 0 Å². The number of hydrogen-bond donors (Lipinski definition) is 0. The summed E-state index contributed by atoms with van der Waals surface area (Å²) in [4.78, 5) is 0. The molecule has 4 aliphatic heterocycles. The van der Waals surface area contributed by atoms with Crippen molar-refractivity contribution in [3.05, 3.63) is 0 Å². The Hall–Kier alpha value is -0.320. The summed E-state index contributed by atoms with van der Waals surface area (Å²) in [6.07, 6.45) is 2.11. The fourth-order valence-corrected chi connectivity index (χ4v) is 5.31. The number of quaternary nitrogens is 1. The quantitative estimate of drug-likeness (QED) is 0.400. The molecule has 0 radical (unpaired) electrons. The summed E-state index contributed by atoms with van der Waals surface area (Å²) in [5.74, 6) is -1.37. The molecule has 0 aromatic heterocycles. The number of fused-ring (bicyclic) bond motifs is 3. The molecule has 8 nitrogen and oxygen atoms in total. The Labute approximate surface area is 187 Å². The van der Waals surface area contributed by atoms with E-state index in [2.05, 4.69) is 6.92 Å². The molecule has 0 amide bonds. The highest BCUT2D eigenvalue weighted by molar-refractivity contribution is 5.00. The van der Waals surface area contributed by atoms with Crippen molar-refractivity contribution in [3.8, 4) is 0 Å². The monoisotopic (exact) mass is 444 g/mol. The lowest BCUT2D eigenvalue weighted by Crippen LogP contribution is -2.56. The molecular formula is C23H42NO7+. The van der Waals surface area contributed by atoms with Crippen LogP contribution in [-0.4, -0.2) is 99.4 Å². The first-order valence-corrected chi connectivity index (χ1v) is 12.1. The molecular weight excluding hydrogens is 402 g/mol. The lowest BCUT2D eigenvalue weighted by molar-refractivity contribution is -0.935. The van der Waals surface area contributed by atoms with E-state index >= 15 is 0 Å². The van der Waals surface area contributed by atoms with E-state index in [0.717, 1.165) is 43.8 Å². The molecule has 0 unspecified atom stereocenters. The van der Waals surface area contributed by atoms with E-state index in [1.54, 1.807) is 0 Å². The molecule has 0 aliphatic carbocycles. The third-order valence-electron chi connectivity index (χ3n) is 6.86. The highest BCUT2D eigenvalue weighted by atomic mass is 16.9. The van der Waals surface area contributed by atoms with Gasteiger partial charge in [0.1, 0.15) is 37.5 Å². The first kappa shape index (κ1) is 23.8. The Balaban J connectivity index is 1.28. The Kier molecular flexibility index (Phi) is 7.31. The van der Waals surface area contributed by atoms with Gasteiger partial charge in [-0.2, -0.15) is 0 Å². The molecule has 0 aromatic carbocycles. The molecule has 0 N–H and O–H groups in total. The van der Waals surface area contributed by atoms with Crippen LogP contribution in [0.3, 0.4) is 0 Å². The van der Waals surface area contributed by atoms with Gasteiger partial charge in [0.05, 0.1) is 39.5 Å². The molecule has 0 saturated carbocycles. The summed E-state index contributed by atoms with van der Waals surface area (Å²) in [6.45, 7) is 17.5. The second kappa shape index (κ2) is 9.50. The average Bonchev–Trinajstić information content (AvgIpc) is 3.21. The predicted molar refractivity (Wildman–Crippen MR) is 113 cm³/mol. The first-order valence-electron chi connectivity index (χ1n) is 12.1. The number of unbranched alkanes of at least 4 members (excludes halogenated alkanes) is 1. The van der Waals surface area contributed by atoms with Crippen molar-refractivity contribution >= 4 is 0 Å². The zero-order valence-corrected chi connectivity index (χ0v) is 20.0. The Morgan fingerprint density at radius 2 is 1.48 bits per heavy atom. The number of morpholine rings is 1. The van der Waals surface area contributed by atoms with E-state index in [4.69, 9.17) is 33.2 Å². The van der Waals surface area contributed by atoms with E-state index in [9.17, 15) is 0 Å². The molecule has 4 aliphatic rings. The summed E-state index contributed by atoms with van der Waals surface area (Å²) < 4.78 is 43.5. The van der Waals surface area contributed by atoms with Gasteiger partial charge in [-0.3, -0.25) is 0 Å². The fraction of sp³-hybridized carbons (Fsp3) is 1.00. The van der Waals surface area contributed by atoms with Crippen LogP contribution in [0.4, 0.5) is 0 Å². The second-order valence-corrected chi connectivity index (χ2v) is 10.3. The van der Waals surface area contributed by atoms with Gasteiger partial charge in [0.2, 0.25) is 0 Å². The van der Waals surface area contributed by atoms with Crippen molar-refractivity contribution in [1.82, 2.24) is 0 Å². The van der Waals surface area contributed by atoms with Gasteiger partial charge < -0.3 is 37.6 Å². The number of ether oxygens (including phenoxy) is 7. The smallest absolute Gasteiger partial charge is 0.190 e. The van der Waals surface area contributed by atoms with Crippen molar-refractivity contribution < 1.29 is 37.6 Å². The number of rotatable bonds is 9. The largest absolute Gasteiger partial charge is 0.378 e. The first-order chi connectivity index (χ1) is 14.7. The standard InChI is InChI=1S/C23H42NO7/c1-6-7-9-24(11-14-25-15-12-24)10-8-13-26-16-17-18-19(29-22(2,3)28-18)20-21(27-17)31-23(4,5)30-20/h17-21H,6-16H2,1-5H3/q+1/t17-,18+,19+,20-,21-/m1/s1. The molecule has 0 aromatic rings. The lowest BCUT2D eigenvalue weighted by Gasteiger charge is -2.41. The molecule has 4 fully saturated rings. The van der Waals surface area contributed by atoms with Gasteiger partial charge in [-0.25, -0.2) is 0 Å². The van der Waals surface area contributed by atoms with Gasteiger partial charge in [0.15, 0.2) is 17.9 Å². The molecule has 31 heavy (non-hydrogen) atoms. The van der Waals surface area contributed by atoms with Crippen LogP contribution < -0.4 is 0 Å². The van der Waals surface area contributed by atoms with Crippen molar-refractivity contribution in [2.24, 2.45) is 0 Å². The minimum absolute atomic E-state index is 0.222. The average molecular weight is 445 g/mol.